The van der Waals surface area contributed by atoms with Crippen molar-refractivity contribution < 1.29 is 28.6 Å². The Kier molecular flexibility index (Phi) is 8.28. The molecule has 1 N–H and O–H groups in total. The minimum Gasteiger partial charge on any atom is -0.497 e. The first-order valence-electron chi connectivity index (χ1n) is 11.9. The molecule has 0 aliphatic carbocycles. The molecule has 9 nitrogen and oxygen atoms in total. The third-order valence-corrected chi connectivity index (χ3v) is 6.96. The minimum atomic E-state index is -0.647. The molecule has 1 aromatic carbocycles. The van der Waals surface area contributed by atoms with Crippen LogP contribution in [0.2, 0.25) is 0 Å². The topological polar surface area (TPSA) is 97.4 Å². The van der Waals surface area contributed by atoms with Gasteiger partial charge in [0.25, 0.3) is 5.91 Å². The third kappa shape index (κ3) is 5.74. The molecule has 0 radical (unpaired) electrons. The number of carbonyl (C=O) groups excluding carboxylic acids is 3. The van der Waals surface area contributed by atoms with E-state index in [4.69, 9.17) is 14.2 Å². The van der Waals surface area contributed by atoms with E-state index < -0.39 is 12.0 Å². The first kappa shape index (κ1) is 25.6. The van der Waals surface area contributed by atoms with Gasteiger partial charge in [-0.25, -0.2) is 9.59 Å². The largest absolute Gasteiger partial charge is 0.497 e. The molecule has 34 heavy (non-hydrogen) atoms. The first-order valence-corrected chi connectivity index (χ1v) is 11.9. The second-order valence-electron chi connectivity index (χ2n) is 9.68. The number of hydrogen-bond acceptors (Lipinski definition) is 6. The molecule has 2 fully saturated rings. The van der Waals surface area contributed by atoms with Gasteiger partial charge in [-0.1, -0.05) is 13.8 Å². The van der Waals surface area contributed by atoms with E-state index in [0.29, 0.717) is 49.7 Å². The number of methoxy groups -OCH3 is 3. The van der Waals surface area contributed by atoms with Gasteiger partial charge < -0.3 is 29.3 Å². The lowest BCUT2D eigenvalue weighted by molar-refractivity contribution is -0.143. The number of nitrogens with one attached hydrogen (secondary N) is 1. The summed E-state index contributed by atoms with van der Waals surface area (Å²) in [5, 5.41) is 2.86. The molecular weight excluding hydrogens is 438 g/mol. The highest BCUT2D eigenvalue weighted by atomic mass is 16.5. The predicted octanol–water partition coefficient (Wildman–Crippen LogP) is 2.93. The van der Waals surface area contributed by atoms with Crippen molar-refractivity contribution in [1.82, 2.24) is 15.1 Å². The van der Waals surface area contributed by atoms with Crippen molar-refractivity contribution in [3.05, 3.63) is 23.8 Å². The van der Waals surface area contributed by atoms with E-state index in [1.54, 1.807) is 37.3 Å². The van der Waals surface area contributed by atoms with E-state index in [-0.39, 0.29) is 23.3 Å². The number of carbonyl (C=O) groups is 3. The van der Waals surface area contributed by atoms with Gasteiger partial charge in [0.2, 0.25) is 0 Å². The van der Waals surface area contributed by atoms with Crippen LogP contribution in [0.4, 0.5) is 4.79 Å². The van der Waals surface area contributed by atoms with Gasteiger partial charge in [0.15, 0.2) is 0 Å². The van der Waals surface area contributed by atoms with E-state index in [9.17, 15) is 14.4 Å². The molecule has 1 atom stereocenters. The van der Waals surface area contributed by atoms with E-state index in [2.05, 4.69) is 5.32 Å². The maximum Gasteiger partial charge on any atom is 0.328 e. The van der Waals surface area contributed by atoms with Crippen LogP contribution in [0.5, 0.6) is 11.5 Å². The normalized spacial score (nSPS) is 18.1. The number of esters is 1. The summed E-state index contributed by atoms with van der Waals surface area (Å²) in [5.41, 5.74) is 0.481. The average Bonchev–Trinajstić information content (AvgIpc) is 3.25. The summed E-state index contributed by atoms with van der Waals surface area (Å²) in [6.07, 6.45) is 3.06. The van der Waals surface area contributed by atoms with Gasteiger partial charge in [0.1, 0.15) is 17.5 Å². The molecule has 2 aliphatic heterocycles. The number of nitrogens with zero attached hydrogens (tertiary/aromatic N) is 2. The Morgan fingerprint density at radius 3 is 2.21 bits per heavy atom. The highest BCUT2D eigenvalue weighted by Gasteiger charge is 2.43. The fraction of sp³-hybridized carbons (Fsp3) is 0.640. The second kappa shape index (κ2) is 11.0. The van der Waals surface area contributed by atoms with E-state index in [1.165, 1.54) is 7.11 Å². The zero-order valence-electron chi connectivity index (χ0n) is 20.9. The summed E-state index contributed by atoms with van der Waals surface area (Å²) in [6, 6.07) is 4.35. The zero-order valence-corrected chi connectivity index (χ0v) is 20.9. The summed E-state index contributed by atoms with van der Waals surface area (Å²) < 4.78 is 15.5. The number of likely N-dealkylation sites (tertiary alicyclic amines) is 2. The van der Waals surface area contributed by atoms with Crippen LogP contribution in [0.25, 0.3) is 0 Å². The number of piperidine rings is 1. The van der Waals surface area contributed by atoms with Crippen LogP contribution in [-0.4, -0.2) is 81.3 Å². The molecule has 3 rings (SSSR count). The summed E-state index contributed by atoms with van der Waals surface area (Å²) in [7, 11) is 4.45. The molecule has 1 spiro atoms. The molecule has 3 amide bonds. The number of hydrogen-bond donors (Lipinski definition) is 1. The number of amides is 3. The quantitative estimate of drug-likeness (QED) is 0.609. The van der Waals surface area contributed by atoms with Crippen LogP contribution in [0, 0.1) is 11.3 Å². The predicted molar refractivity (Wildman–Crippen MR) is 127 cm³/mol. The number of benzene rings is 1. The Bertz CT molecular complexity index is 895. The molecule has 2 heterocycles. The Hall–Kier alpha value is -2.97. The van der Waals surface area contributed by atoms with Crippen LogP contribution < -0.4 is 14.8 Å². The average molecular weight is 476 g/mol. The number of urea groups is 1. The fourth-order valence-corrected chi connectivity index (χ4v) is 4.92. The molecular formula is C25H37N3O6. The van der Waals surface area contributed by atoms with E-state index in [0.717, 1.165) is 19.3 Å². The van der Waals surface area contributed by atoms with Crippen LogP contribution in [-0.2, 0) is 9.53 Å². The molecule has 9 heteroatoms. The Morgan fingerprint density at radius 2 is 1.65 bits per heavy atom. The van der Waals surface area contributed by atoms with Gasteiger partial charge in [0, 0.05) is 26.2 Å². The monoisotopic (exact) mass is 475 g/mol. The van der Waals surface area contributed by atoms with Crippen molar-refractivity contribution in [3.63, 3.8) is 0 Å². The smallest absolute Gasteiger partial charge is 0.328 e. The number of rotatable bonds is 7. The summed E-state index contributed by atoms with van der Waals surface area (Å²) >= 11 is 0. The molecule has 0 unspecified atom stereocenters. The maximum absolute atomic E-state index is 13.2. The number of ether oxygens (including phenoxy) is 3. The summed E-state index contributed by atoms with van der Waals surface area (Å²) in [4.78, 5) is 41.8. The lowest BCUT2D eigenvalue weighted by Crippen LogP contribution is -2.49. The zero-order chi connectivity index (χ0) is 24.9. The lowest BCUT2D eigenvalue weighted by Gasteiger charge is -2.39. The standard InChI is InChI=1S/C25H37N3O6/c1-17(2)14-20(23(30)34-5)26-24(31)28-13-10-25(16-28)8-11-27(12-9-25)22(29)19-15-18(32-3)6-7-21(19)33-4/h6-7,15,17,20H,8-14,16H2,1-5H3,(H,26,31)/t20-/m0/s1. The Labute approximate surface area is 201 Å². The van der Waals surface area contributed by atoms with Gasteiger partial charge in [0.05, 0.1) is 26.9 Å². The van der Waals surface area contributed by atoms with Crippen molar-refractivity contribution in [2.24, 2.45) is 11.3 Å². The summed E-state index contributed by atoms with van der Waals surface area (Å²) in [5.74, 6) is 0.886. The van der Waals surface area contributed by atoms with Crippen molar-refractivity contribution in [3.8, 4) is 11.5 Å². The second-order valence-corrected chi connectivity index (χ2v) is 9.68. The van der Waals surface area contributed by atoms with Crippen LogP contribution in [0.1, 0.15) is 49.9 Å². The van der Waals surface area contributed by atoms with Crippen LogP contribution in [0.15, 0.2) is 18.2 Å². The van der Waals surface area contributed by atoms with E-state index >= 15 is 0 Å². The van der Waals surface area contributed by atoms with E-state index in [1.807, 2.05) is 18.7 Å². The van der Waals surface area contributed by atoms with Crippen molar-refractivity contribution in [2.75, 3.05) is 47.5 Å². The summed E-state index contributed by atoms with van der Waals surface area (Å²) in [6.45, 7) is 6.50. The molecule has 0 saturated carbocycles. The van der Waals surface area contributed by atoms with Crippen LogP contribution in [0.3, 0.4) is 0 Å². The maximum atomic E-state index is 13.2. The minimum absolute atomic E-state index is 0.00854. The molecule has 188 valence electrons. The van der Waals surface area contributed by atoms with Crippen molar-refractivity contribution in [2.45, 2.75) is 45.6 Å². The molecule has 2 saturated heterocycles. The fourth-order valence-electron chi connectivity index (χ4n) is 4.92. The first-order chi connectivity index (χ1) is 16.2. The van der Waals surface area contributed by atoms with Crippen molar-refractivity contribution >= 4 is 17.9 Å². The van der Waals surface area contributed by atoms with Gasteiger partial charge in [-0.3, -0.25) is 4.79 Å². The molecule has 0 bridgehead atoms. The van der Waals surface area contributed by atoms with Crippen molar-refractivity contribution in [1.29, 1.82) is 0 Å². The van der Waals surface area contributed by atoms with Gasteiger partial charge in [-0.15, -0.1) is 0 Å². The van der Waals surface area contributed by atoms with Crippen LogP contribution >= 0.6 is 0 Å². The van der Waals surface area contributed by atoms with Gasteiger partial charge in [-0.05, 0) is 55.2 Å². The van der Waals surface area contributed by atoms with Gasteiger partial charge in [-0.2, -0.15) is 0 Å². The highest BCUT2D eigenvalue weighted by molar-refractivity contribution is 5.97. The molecule has 0 aromatic heterocycles. The third-order valence-electron chi connectivity index (χ3n) is 6.96. The Morgan fingerprint density at radius 1 is 1.00 bits per heavy atom. The SMILES string of the molecule is COC(=O)[C@H](CC(C)C)NC(=O)N1CCC2(CCN(C(=O)c3cc(OC)ccc3OC)CC2)C1. The molecule has 1 aromatic rings. The highest BCUT2D eigenvalue weighted by Crippen LogP contribution is 2.41. The Balaban J connectivity index is 1.59. The molecule has 2 aliphatic rings. The lowest BCUT2D eigenvalue weighted by atomic mass is 9.77. The van der Waals surface area contributed by atoms with Gasteiger partial charge >= 0.3 is 12.0 Å².